The molecule has 0 saturated carbocycles. The van der Waals surface area contributed by atoms with Gasteiger partial charge in [0.15, 0.2) is 0 Å². The molecule has 7 nitrogen and oxygen atoms in total. The molecule has 3 aromatic rings. The van der Waals surface area contributed by atoms with Crippen molar-refractivity contribution >= 4 is 34.7 Å². The molecule has 1 aliphatic heterocycles. The fraction of sp³-hybridized carbons (Fsp3) is 0.241. The van der Waals surface area contributed by atoms with Gasteiger partial charge in [-0.25, -0.2) is 0 Å². The number of halogens is 1. The molecule has 4 rings (SSSR count). The number of hydrogen-bond donors (Lipinski definition) is 1. The van der Waals surface area contributed by atoms with Crippen LogP contribution in [0, 0.1) is 0 Å². The van der Waals surface area contributed by atoms with E-state index in [2.05, 4.69) is 0 Å². The maximum atomic E-state index is 13.4. The van der Waals surface area contributed by atoms with Gasteiger partial charge in [0.05, 0.1) is 36.5 Å². The molecular weight excluding hydrogens is 494 g/mol. The van der Waals surface area contributed by atoms with Crippen LogP contribution in [0.15, 0.2) is 72.3 Å². The van der Waals surface area contributed by atoms with Crippen LogP contribution in [0.25, 0.3) is 5.76 Å². The Bertz CT molecular complexity index is 1320. The standard InChI is InChI=1S/C29H28ClNO6/c1-4-35-21-12-7-18(8-13-21)26-25(27(32)19-9-16-23(30)24(17-19)37-6-3)28(33)29(34)31(26)20-10-14-22(15-11-20)36-5-2/h7-17,26,32H,4-6H2,1-3H3/b27-25-. The third kappa shape index (κ3) is 5.27. The smallest absolute Gasteiger partial charge is 0.300 e. The molecule has 1 saturated heterocycles. The monoisotopic (exact) mass is 521 g/mol. The van der Waals surface area contributed by atoms with E-state index in [9.17, 15) is 14.7 Å². The quantitative estimate of drug-likeness (QED) is 0.206. The summed E-state index contributed by atoms with van der Waals surface area (Å²) in [4.78, 5) is 28.1. The maximum Gasteiger partial charge on any atom is 0.300 e. The molecule has 0 aromatic heterocycles. The Morgan fingerprint density at radius 3 is 1.97 bits per heavy atom. The number of amides is 1. The van der Waals surface area contributed by atoms with Crippen LogP contribution in [0.2, 0.25) is 5.02 Å². The van der Waals surface area contributed by atoms with E-state index in [1.165, 1.54) is 4.90 Å². The molecule has 3 aromatic carbocycles. The highest BCUT2D eigenvalue weighted by Crippen LogP contribution is 2.43. The van der Waals surface area contributed by atoms with Gasteiger partial charge in [-0.2, -0.15) is 0 Å². The van der Waals surface area contributed by atoms with Crippen molar-refractivity contribution in [3.8, 4) is 17.2 Å². The highest BCUT2D eigenvalue weighted by atomic mass is 35.5. The molecule has 1 aliphatic rings. The van der Waals surface area contributed by atoms with Gasteiger partial charge in [0.1, 0.15) is 23.0 Å². The Hall–Kier alpha value is -3.97. The number of rotatable bonds is 9. The summed E-state index contributed by atoms with van der Waals surface area (Å²) in [7, 11) is 0. The Balaban J connectivity index is 1.87. The van der Waals surface area contributed by atoms with Gasteiger partial charge in [-0.3, -0.25) is 14.5 Å². The van der Waals surface area contributed by atoms with Crippen molar-refractivity contribution in [3.63, 3.8) is 0 Å². The molecule has 1 heterocycles. The number of nitrogens with zero attached hydrogens (tertiary/aromatic N) is 1. The van der Waals surface area contributed by atoms with Crippen LogP contribution < -0.4 is 19.1 Å². The van der Waals surface area contributed by atoms with Gasteiger partial charge < -0.3 is 19.3 Å². The zero-order chi connectivity index (χ0) is 26.5. The Morgan fingerprint density at radius 2 is 1.41 bits per heavy atom. The first-order valence-electron chi connectivity index (χ1n) is 12.1. The van der Waals surface area contributed by atoms with Crippen LogP contribution in [0.4, 0.5) is 5.69 Å². The fourth-order valence-electron chi connectivity index (χ4n) is 4.27. The Labute approximate surface area is 220 Å². The molecule has 0 aliphatic carbocycles. The molecule has 37 heavy (non-hydrogen) atoms. The van der Waals surface area contributed by atoms with Crippen molar-refractivity contribution < 1.29 is 28.9 Å². The highest BCUT2D eigenvalue weighted by Gasteiger charge is 2.47. The van der Waals surface area contributed by atoms with Crippen molar-refractivity contribution in [2.75, 3.05) is 24.7 Å². The maximum absolute atomic E-state index is 13.4. The molecule has 0 radical (unpaired) electrons. The average Bonchev–Trinajstić information content (AvgIpc) is 3.16. The summed E-state index contributed by atoms with van der Waals surface area (Å²) < 4.78 is 16.6. The van der Waals surface area contributed by atoms with Gasteiger partial charge in [0.25, 0.3) is 11.7 Å². The predicted octanol–water partition coefficient (Wildman–Crippen LogP) is 6.16. The minimum Gasteiger partial charge on any atom is -0.507 e. The first-order valence-corrected chi connectivity index (χ1v) is 12.5. The third-order valence-corrected chi connectivity index (χ3v) is 6.19. The summed E-state index contributed by atoms with van der Waals surface area (Å²) in [6.07, 6.45) is 0. The van der Waals surface area contributed by atoms with Gasteiger partial charge in [0.2, 0.25) is 0 Å². The lowest BCUT2D eigenvalue weighted by Crippen LogP contribution is -2.29. The largest absolute Gasteiger partial charge is 0.507 e. The molecule has 8 heteroatoms. The third-order valence-electron chi connectivity index (χ3n) is 5.88. The highest BCUT2D eigenvalue weighted by molar-refractivity contribution is 6.51. The van der Waals surface area contributed by atoms with E-state index in [0.717, 1.165) is 0 Å². The molecule has 192 valence electrons. The zero-order valence-corrected chi connectivity index (χ0v) is 21.6. The second kappa shape index (κ2) is 11.4. The van der Waals surface area contributed by atoms with E-state index in [4.69, 9.17) is 25.8 Å². The van der Waals surface area contributed by atoms with Gasteiger partial charge in [-0.1, -0.05) is 23.7 Å². The number of benzene rings is 3. The number of ether oxygens (including phenoxy) is 3. The van der Waals surface area contributed by atoms with Gasteiger partial charge >= 0.3 is 0 Å². The van der Waals surface area contributed by atoms with E-state index in [1.54, 1.807) is 66.7 Å². The molecule has 1 amide bonds. The van der Waals surface area contributed by atoms with Crippen LogP contribution in [-0.4, -0.2) is 36.6 Å². The van der Waals surface area contributed by atoms with Crippen molar-refractivity contribution in [1.29, 1.82) is 0 Å². The molecule has 0 spiro atoms. The van der Waals surface area contributed by atoms with E-state index < -0.39 is 17.7 Å². The van der Waals surface area contributed by atoms with Crippen molar-refractivity contribution in [3.05, 3.63) is 88.5 Å². The topological polar surface area (TPSA) is 85.3 Å². The lowest BCUT2D eigenvalue weighted by atomic mass is 9.95. The van der Waals surface area contributed by atoms with Crippen LogP contribution in [-0.2, 0) is 9.59 Å². The number of Topliss-reactive ketones (excluding diaryl/α,β-unsaturated/α-hetero) is 1. The summed E-state index contributed by atoms with van der Waals surface area (Å²) in [6, 6.07) is 17.9. The van der Waals surface area contributed by atoms with E-state index >= 15 is 0 Å². The fourth-order valence-corrected chi connectivity index (χ4v) is 4.44. The minimum absolute atomic E-state index is 0.0344. The molecule has 1 N–H and O–H groups in total. The van der Waals surface area contributed by atoms with Crippen LogP contribution >= 0.6 is 11.6 Å². The summed E-state index contributed by atoms with van der Waals surface area (Å²) >= 11 is 6.22. The lowest BCUT2D eigenvalue weighted by molar-refractivity contribution is -0.132. The number of aliphatic hydroxyl groups excluding tert-OH is 1. The molecule has 0 bridgehead atoms. The van der Waals surface area contributed by atoms with Crippen molar-refractivity contribution in [2.45, 2.75) is 26.8 Å². The van der Waals surface area contributed by atoms with E-state index in [0.29, 0.717) is 58.9 Å². The number of hydrogen-bond acceptors (Lipinski definition) is 6. The molecular formula is C29H28ClNO6. The SMILES string of the molecule is CCOc1ccc(C2/C(=C(/O)c3ccc(Cl)c(OCC)c3)C(=O)C(=O)N2c2ccc(OCC)cc2)cc1. The molecule has 1 fully saturated rings. The number of ketones is 1. The minimum atomic E-state index is -0.875. The average molecular weight is 522 g/mol. The summed E-state index contributed by atoms with van der Waals surface area (Å²) in [5, 5.41) is 11.7. The Morgan fingerprint density at radius 1 is 0.838 bits per heavy atom. The predicted molar refractivity (Wildman–Crippen MR) is 143 cm³/mol. The second-order valence-electron chi connectivity index (χ2n) is 8.18. The van der Waals surface area contributed by atoms with E-state index in [-0.39, 0.29) is 11.3 Å². The Kier molecular flexibility index (Phi) is 8.04. The van der Waals surface area contributed by atoms with Crippen LogP contribution in [0.3, 0.4) is 0 Å². The summed E-state index contributed by atoms with van der Waals surface area (Å²) in [5.74, 6) is -0.190. The molecule has 1 atom stereocenters. The first-order chi connectivity index (χ1) is 17.9. The summed E-state index contributed by atoms with van der Waals surface area (Å²) in [5.41, 5.74) is 1.41. The lowest BCUT2D eigenvalue weighted by Gasteiger charge is -2.26. The number of carbonyl (C=O) groups excluding carboxylic acids is 2. The first kappa shape index (κ1) is 26.1. The number of carbonyl (C=O) groups is 2. The number of aliphatic hydroxyl groups is 1. The van der Waals surface area contributed by atoms with Crippen LogP contribution in [0.1, 0.15) is 37.9 Å². The van der Waals surface area contributed by atoms with Crippen molar-refractivity contribution in [2.24, 2.45) is 0 Å². The van der Waals surface area contributed by atoms with E-state index in [1.807, 2.05) is 20.8 Å². The number of anilines is 1. The van der Waals surface area contributed by atoms with Gasteiger partial charge in [-0.15, -0.1) is 0 Å². The summed E-state index contributed by atoms with van der Waals surface area (Å²) in [6.45, 7) is 6.96. The molecule has 1 unspecified atom stereocenters. The van der Waals surface area contributed by atoms with Crippen molar-refractivity contribution in [1.82, 2.24) is 0 Å². The van der Waals surface area contributed by atoms with Gasteiger partial charge in [-0.05, 0) is 80.9 Å². The normalized spacial score (nSPS) is 16.6. The second-order valence-corrected chi connectivity index (χ2v) is 8.58. The van der Waals surface area contributed by atoms with Gasteiger partial charge in [0, 0.05) is 11.3 Å². The zero-order valence-electron chi connectivity index (χ0n) is 20.9. The van der Waals surface area contributed by atoms with Crippen LogP contribution in [0.5, 0.6) is 17.2 Å².